The van der Waals surface area contributed by atoms with Gasteiger partial charge in [0.1, 0.15) is 11.2 Å². The average molecular weight is 411 g/mol. The summed E-state index contributed by atoms with van der Waals surface area (Å²) in [6.45, 7) is 4.20. The lowest BCUT2D eigenvalue weighted by Gasteiger charge is -2.34. The third-order valence-corrected chi connectivity index (χ3v) is 5.58. The Balaban J connectivity index is 1.60. The van der Waals surface area contributed by atoms with E-state index in [4.69, 9.17) is 4.98 Å². The number of imidazole rings is 1. The number of fused-ring (bicyclic) bond motifs is 2. The molecule has 0 radical (unpaired) electrons. The summed E-state index contributed by atoms with van der Waals surface area (Å²) in [7, 11) is 2.17. The highest BCUT2D eigenvalue weighted by atomic mass is 79.9. The maximum Gasteiger partial charge on any atom is 0.159 e. The van der Waals surface area contributed by atoms with Crippen molar-refractivity contribution in [2.24, 2.45) is 0 Å². The number of aromatic amines is 2. The summed E-state index contributed by atoms with van der Waals surface area (Å²) in [5.74, 6) is 0.801. The van der Waals surface area contributed by atoms with Crippen LogP contribution in [0.1, 0.15) is 0 Å². The van der Waals surface area contributed by atoms with Gasteiger partial charge in [0.05, 0.1) is 16.7 Å². The first-order chi connectivity index (χ1) is 12.7. The van der Waals surface area contributed by atoms with Crippen LogP contribution in [0.15, 0.2) is 40.9 Å². The molecule has 0 atom stereocenters. The normalized spacial score (nSPS) is 16.0. The molecule has 0 unspecified atom stereocenters. The van der Waals surface area contributed by atoms with Crippen LogP contribution >= 0.6 is 15.9 Å². The number of H-pyrrole nitrogens is 2. The number of likely N-dealkylation sites (N-methyl/N-ethyl adjacent to an activating group) is 1. The predicted molar refractivity (Wildman–Crippen MR) is 109 cm³/mol. The Morgan fingerprint density at radius 1 is 1.04 bits per heavy atom. The summed E-state index contributed by atoms with van der Waals surface area (Å²) in [5, 5.41) is 8.66. The first kappa shape index (κ1) is 15.8. The molecule has 1 aliphatic heterocycles. The molecule has 1 saturated heterocycles. The van der Waals surface area contributed by atoms with Gasteiger partial charge in [-0.25, -0.2) is 4.98 Å². The van der Waals surface area contributed by atoms with E-state index in [2.05, 4.69) is 72.2 Å². The number of halogens is 1. The number of anilines is 1. The third-order valence-electron chi connectivity index (χ3n) is 5.08. The van der Waals surface area contributed by atoms with Gasteiger partial charge in [-0.15, -0.1) is 0 Å². The largest absolute Gasteiger partial charge is 0.367 e. The quantitative estimate of drug-likeness (QED) is 0.529. The Kier molecular flexibility index (Phi) is 3.72. The van der Waals surface area contributed by atoms with E-state index in [0.29, 0.717) is 0 Å². The number of piperazine rings is 1. The smallest absolute Gasteiger partial charge is 0.159 e. The van der Waals surface area contributed by atoms with Crippen LogP contribution < -0.4 is 4.90 Å². The van der Waals surface area contributed by atoms with Crippen LogP contribution in [0.4, 0.5) is 5.69 Å². The second-order valence-electron chi connectivity index (χ2n) is 6.81. The molecule has 26 heavy (non-hydrogen) atoms. The maximum absolute atomic E-state index is 4.92. The number of nitrogens with zero attached hydrogens (tertiary/aromatic N) is 4. The Hall–Kier alpha value is -2.38. The van der Waals surface area contributed by atoms with E-state index < -0.39 is 0 Å². The summed E-state index contributed by atoms with van der Waals surface area (Å²) in [4.78, 5) is 13.2. The van der Waals surface area contributed by atoms with E-state index in [1.807, 2.05) is 12.1 Å². The summed E-state index contributed by atoms with van der Waals surface area (Å²) < 4.78 is 1.03. The first-order valence-corrected chi connectivity index (χ1v) is 9.54. The number of para-hydroxylation sites is 1. The van der Waals surface area contributed by atoms with Crippen molar-refractivity contribution in [2.75, 3.05) is 38.1 Å². The number of hydrogen-bond donors (Lipinski definition) is 2. The van der Waals surface area contributed by atoms with Gasteiger partial charge in [-0.05, 0) is 37.4 Å². The molecular formula is C19H19BrN6. The molecule has 2 aromatic heterocycles. The fourth-order valence-corrected chi connectivity index (χ4v) is 3.97. The summed E-state index contributed by atoms with van der Waals surface area (Å²) in [5.41, 5.74) is 5.10. The number of aromatic nitrogens is 4. The lowest BCUT2D eigenvalue weighted by molar-refractivity contribution is 0.313. The molecule has 1 aliphatic rings. The minimum absolute atomic E-state index is 0.801. The van der Waals surface area contributed by atoms with Crippen LogP contribution in [-0.2, 0) is 0 Å². The molecule has 1 fully saturated rings. The van der Waals surface area contributed by atoms with E-state index in [1.165, 1.54) is 5.69 Å². The van der Waals surface area contributed by atoms with Crippen LogP contribution in [0.25, 0.3) is 33.5 Å². The fourth-order valence-electron chi connectivity index (χ4n) is 3.60. The van der Waals surface area contributed by atoms with Gasteiger partial charge in [-0.2, -0.15) is 5.10 Å². The summed E-state index contributed by atoms with van der Waals surface area (Å²) in [6, 6.07) is 12.5. The molecule has 0 aliphatic carbocycles. The topological polar surface area (TPSA) is 63.8 Å². The van der Waals surface area contributed by atoms with Crippen molar-refractivity contribution in [2.45, 2.75) is 0 Å². The zero-order chi connectivity index (χ0) is 17.7. The molecule has 5 rings (SSSR count). The molecule has 2 aromatic carbocycles. The van der Waals surface area contributed by atoms with Crippen molar-refractivity contribution < 1.29 is 0 Å². The zero-order valence-corrected chi connectivity index (χ0v) is 16.0. The van der Waals surface area contributed by atoms with Crippen molar-refractivity contribution in [1.82, 2.24) is 25.1 Å². The van der Waals surface area contributed by atoms with E-state index in [1.54, 1.807) is 0 Å². The maximum atomic E-state index is 4.92. The van der Waals surface area contributed by atoms with Gasteiger partial charge in [-0.1, -0.05) is 22.0 Å². The zero-order valence-electron chi connectivity index (χ0n) is 14.5. The van der Waals surface area contributed by atoms with E-state index in [9.17, 15) is 0 Å². The fraction of sp³-hybridized carbons (Fsp3) is 0.263. The Labute approximate surface area is 159 Å². The van der Waals surface area contributed by atoms with Crippen LogP contribution in [-0.4, -0.2) is 58.3 Å². The number of benzene rings is 2. The minimum atomic E-state index is 0.801. The highest BCUT2D eigenvalue weighted by Gasteiger charge is 2.19. The van der Waals surface area contributed by atoms with Crippen molar-refractivity contribution >= 4 is 43.6 Å². The van der Waals surface area contributed by atoms with Crippen molar-refractivity contribution in [3.05, 3.63) is 40.9 Å². The Morgan fingerprint density at radius 2 is 1.88 bits per heavy atom. The van der Waals surface area contributed by atoms with Crippen LogP contribution in [0.5, 0.6) is 0 Å². The third kappa shape index (κ3) is 2.59. The molecule has 0 bridgehead atoms. The lowest BCUT2D eigenvalue weighted by Crippen LogP contribution is -2.44. The monoisotopic (exact) mass is 410 g/mol. The standard InChI is InChI=1S/C19H19BrN6/c1-25-7-9-26(10-8-25)16-4-2-3-14-18(16)22-19(21-14)17-13-6-5-12(20)11-15(13)23-24-17/h2-6,11H,7-10H2,1H3,(H,21,22)(H,23,24). The van der Waals surface area contributed by atoms with Gasteiger partial charge in [0.2, 0.25) is 0 Å². The van der Waals surface area contributed by atoms with Crippen molar-refractivity contribution in [3.63, 3.8) is 0 Å². The van der Waals surface area contributed by atoms with Gasteiger partial charge < -0.3 is 14.8 Å². The molecule has 2 N–H and O–H groups in total. The van der Waals surface area contributed by atoms with E-state index in [0.717, 1.165) is 64.1 Å². The number of hydrogen-bond acceptors (Lipinski definition) is 4. The number of rotatable bonds is 2. The van der Waals surface area contributed by atoms with Gasteiger partial charge in [0, 0.05) is 36.0 Å². The average Bonchev–Trinajstić information content (AvgIpc) is 3.25. The molecule has 132 valence electrons. The van der Waals surface area contributed by atoms with Gasteiger partial charge in [0.15, 0.2) is 5.82 Å². The minimum Gasteiger partial charge on any atom is -0.367 e. The van der Waals surface area contributed by atoms with Crippen molar-refractivity contribution in [1.29, 1.82) is 0 Å². The first-order valence-electron chi connectivity index (χ1n) is 8.75. The van der Waals surface area contributed by atoms with E-state index >= 15 is 0 Å². The molecule has 0 amide bonds. The molecule has 7 heteroatoms. The second-order valence-corrected chi connectivity index (χ2v) is 7.73. The van der Waals surface area contributed by atoms with Gasteiger partial charge in [0.25, 0.3) is 0 Å². The molecule has 4 aromatic rings. The molecular weight excluding hydrogens is 392 g/mol. The number of nitrogens with one attached hydrogen (secondary N) is 2. The predicted octanol–water partition coefficient (Wildman–Crippen LogP) is 3.62. The SMILES string of the molecule is CN1CCN(c2cccc3[nH]c(-c4n[nH]c5cc(Br)ccc45)nc23)CC1. The molecule has 3 heterocycles. The van der Waals surface area contributed by atoms with Gasteiger partial charge >= 0.3 is 0 Å². The Bertz CT molecular complexity index is 1090. The van der Waals surface area contributed by atoms with Crippen molar-refractivity contribution in [3.8, 4) is 11.5 Å². The van der Waals surface area contributed by atoms with Crippen LogP contribution in [0, 0.1) is 0 Å². The lowest BCUT2D eigenvalue weighted by atomic mass is 10.2. The highest BCUT2D eigenvalue weighted by Crippen LogP contribution is 2.31. The molecule has 0 spiro atoms. The molecule has 0 saturated carbocycles. The van der Waals surface area contributed by atoms with Crippen LogP contribution in [0.3, 0.4) is 0 Å². The highest BCUT2D eigenvalue weighted by molar-refractivity contribution is 9.10. The van der Waals surface area contributed by atoms with E-state index in [-0.39, 0.29) is 0 Å². The summed E-state index contributed by atoms with van der Waals surface area (Å²) in [6.07, 6.45) is 0. The van der Waals surface area contributed by atoms with Crippen LogP contribution in [0.2, 0.25) is 0 Å². The van der Waals surface area contributed by atoms with Gasteiger partial charge in [-0.3, -0.25) is 5.10 Å². The summed E-state index contributed by atoms with van der Waals surface area (Å²) >= 11 is 3.50. The Morgan fingerprint density at radius 3 is 2.73 bits per heavy atom. The second kappa shape index (κ2) is 6.10. The molecule has 6 nitrogen and oxygen atoms in total.